The van der Waals surface area contributed by atoms with Crippen LogP contribution < -0.4 is 5.32 Å². The van der Waals surface area contributed by atoms with Gasteiger partial charge in [0, 0.05) is 13.1 Å². The average Bonchev–Trinajstić information content (AvgIpc) is 2.40. The fourth-order valence-corrected chi connectivity index (χ4v) is 1.78. The summed E-state index contributed by atoms with van der Waals surface area (Å²) in [6.07, 6.45) is -4.32. The molecule has 2 rings (SSSR count). The van der Waals surface area contributed by atoms with Crippen molar-refractivity contribution in [1.29, 1.82) is 0 Å². The maximum atomic E-state index is 12.2. The summed E-state index contributed by atoms with van der Waals surface area (Å²) in [6.45, 7) is 1.24. The van der Waals surface area contributed by atoms with Crippen molar-refractivity contribution in [2.75, 3.05) is 20.1 Å². The van der Waals surface area contributed by atoms with Gasteiger partial charge in [0.25, 0.3) is 0 Å². The predicted octanol–water partition coefficient (Wildman–Crippen LogP) is 0.233. The second kappa shape index (κ2) is 2.60. The van der Waals surface area contributed by atoms with E-state index in [0.29, 0.717) is 13.1 Å². The van der Waals surface area contributed by atoms with Gasteiger partial charge >= 0.3 is 6.18 Å². The van der Waals surface area contributed by atoms with Gasteiger partial charge in [0.2, 0.25) is 5.84 Å². The Hall–Kier alpha value is -0.780. The van der Waals surface area contributed by atoms with Crippen LogP contribution in [0.2, 0.25) is 0 Å². The van der Waals surface area contributed by atoms with Crippen molar-refractivity contribution in [3.63, 3.8) is 0 Å². The third kappa shape index (κ3) is 1.50. The van der Waals surface area contributed by atoms with Crippen LogP contribution in [0, 0.1) is 0 Å². The highest BCUT2D eigenvalue weighted by Gasteiger charge is 2.45. The van der Waals surface area contributed by atoms with Gasteiger partial charge < -0.3 is 10.2 Å². The molecule has 0 aromatic heterocycles. The molecule has 0 saturated carbocycles. The van der Waals surface area contributed by atoms with Crippen molar-refractivity contribution in [2.45, 2.75) is 18.3 Å². The summed E-state index contributed by atoms with van der Waals surface area (Å²) in [5.74, 6) is -0.810. The Kier molecular flexibility index (Phi) is 1.76. The number of hydrogen-bond acceptors (Lipinski definition) is 3. The van der Waals surface area contributed by atoms with Crippen LogP contribution in [0.1, 0.15) is 0 Å². The molecule has 2 aliphatic heterocycles. The summed E-state index contributed by atoms with van der Waals surface area (Å²) in [5, 5.41) is 2.41. The molecular formula is C7H10F3N3. The molecule has 0 bridgehead atoms. The number of halogens is 3. The molecule has 74 valence electrons. The number of hydrogen-bond donors (Lipinski definition) is 1. The Morgan fingerprint density at radius 1 is 1.46 bits per heavy atom. The Labute approximate surface area is 73.6 Å². The van der Waals surface area contributed by atoms with E-state index in [4.69, 9.17) is 0 Å². The molecule has 2 unspecified atom stereocenters. The summed E-state index contributed by atoms with van der Waals surface area (Å²) in [7, 11) is 1.88. The zero-order chi connectivity index (χ0) is 9.64. The number of fused-ring (bicyclic) bond motifs is 1. The molecule has 13 heavy (non-hydrogen) atoms. The lowest BCUT2D eigenvalue weighted by molar-refractivity contribution is -0.0614. The molecule has 1 N–H and O–H groups in total. The number of aliphatic imine (C=N–C) groups is 1. The van der Waals surface area contributed by atoms with Crippen molar-refractivity contribution in [2.24, 2.45) is 4.99 Å². The van der Waals surface area contributed by atoms with Gasteiger partial charge in [-0.15, -0.1) is 0 Å². The first kappa shape index (κ1) is 8.80. The maximum Gasteiger partial charge on any atom is 0.448 e. The highest BCUT2D eigenvalue weighted by atomic mass is 19.4. The largest absolute Gasteiger partial charge is 0.448 e. The number of rotatable bonds is 0. The van der Waals surface area contributed by atoms with E-state index >= 15 is 0 Å². The van der Waals surface area contributed by atoms with E-state index in [1.54, 1.807) is 0 Å². The number of likely N-dealkylation sites (tertiary alicyclic amines) is 1. The van der Waals surface area contributed by atoms with Crippen LogP contribution in [0.4, 0.5) is 13.2 Å². The number of nitrogens with one attached hydrogen (secondary N) is 1. The van der Waals surface area contributed by atoms with Crippen LogP contribution in [-0.2, 0) is 0 Å². The van der Waals surface area contributed by atoms with Crippen molar-refractivity contribution in [3.05, 3.63) is 0 Å². The number of nitrogens with zero attached hydrogens (tertiary/aromatic N) is 2. The van der Waals surface area contributed by atoms with E-state index in [0.717, 1.165) is 0 Å². The molecule has 2 heterocycles. The van der Waals surface area contributed by atoms with Crippen LogP contribution in [0.3, 0.4) is 0 Å². The monoisotopic (exact) mass is 193 g/mol. The van der Waals surface area contributed by atoms with Gasteiger partial charge in [0.1, 0.15) is 0 Å². The van der Waals surface area contributed by atoms with E-state index in [1.165, 1.54) is 0 Å². The smallest absolute Gasteiger partial charge is 0.360 e. The molecule has 2 atom stereocenters. The standard InChI is InChI=1S/C7H10F3N3/c1-13-2-4-5(3-13)12-6(11-4)7(8,9)10/h4-5H,2-3H2,1H3,(H,11,12). The van der Waals surface area contributed by atoms with E-state index in [9.17, 15) is 13.2 Å². The van der Waals surface area contributed by atoms with Gasteiger partial charge in [-0.2, -0.15) is 13.2 Å². The summed E-state index contributed by atoms with van der Waals surface area (Å²) in [5.41, 5.74) is 0. The van der Waals surface area contributed by atoms with Gasteiger partial charge in [-0.3, -0.25) is 4.99 Å². The lowest BCUT2D eigenvalue weighted by atomic mass is 10.2. The lowest BCUT2D eigenvalue weighted by Gasteiger charge is -2.12. The van der Waals surface area contributed by atoms with Crippen LogP contribution in [0.15, 0.2) is 4.99 Å². The first-order valence-electron chi connectivity index (χ1n) is 4.07. The predicted molar refractivity (Wildman–Crippen MR) is 41.7 cm³/mol. The minimum absolute atomic E-state index is 0.151. The molecule has 1 saturated heterocycles. The molecule has 2 aliphatic rings. The molecule has 3 nitrogen and oxygen atoms in total. The number of amidine groups is 1. The van der Waals surface area contributed by atoms with Crippen LogP contribution in [0.5, 0.6) is 0 Å². The highest BCUT2D eigenvalue weighted by molar-refractivity contribution is 5.89. The quantitative estimate of drug-likeness (QED) is 0.596. The van der Waals surface area contributed by atoms with Crippen molar-refractivity contribution in [1.82, 2.24) is 10.2 Å². The van der Waals surface area contributed by atoms with Gasteiger partial charge in [-0.05, 0) is 7.05 Å². The fourth-order valence-electron chi connectivity index (χ4n) is 1.78. The summed E-state index contributed by atoms with van der Waals surface area (Å²) in [4.78, 5) is 5.58. The molecule has 0 radical (unpaired) electrons. The van der Waals surface area contributed by atoms with Crippen LogP contribution >= 0.6 is 0 Å². The zero-order valence-electron chi connectivity index (χ0n) is 7.10. The average molecular weight is 193 g/mol. The van der Waals surface area contributed by atoms with Crippen molar-refractivity contribution < 1.29 is 13.2 Å². The van der Waals surface area contributed by atoms with Gasteiger partial charge in [0.05, 0.1) is 12.1 Å². The van der Waals surface area contributed by atoms with Crippen molar-refractivity contribution in [3.8, 4) is 0 Å². The van der Waals surface area contributed by atoms with Gasteiger partial charge in [-0.25, -0.2) is 0 Å². The highest BCUT2D eigenvalue weighted by Crippen LogP contribution is 2.24. The Bertz CT molecular complexity index is 248. The van der Waals surface area contributed by atoms with E-state index in [2.05, 4.69) is 10.3 Å². The zero-order valence-corrected chi connectivity index (χ0v) is 7.10. The summed E-state index contributed by atoms with van der Waals surface area (Å²) < 4.78 is 36.5. The number of alkyl halides is 3. The van der Waals surface area contributed by atoms with Gasteiger partial charge in [-0.1, -0.05) is 0 Å². The number of likely N-dealkylation sites (N-methyl/N-ethyl adjacent to an activating group) is 1. The summed E-state index contributed by atoms with van der Waals surface area (Å²) in [6, 6.07) is -0.372. The van der Waals surface area contributed by atoms with E-state index in [-0.39, 0.29) is 12.1 Å². The first-order valence-corrected chi connectivity index (χ1v) is 4.07. The lowest BCUT2D eigenvalue weighted by Crippen LogP contribution is -2.41. The molecule has 6 heteroatoms. The Balaban J connectivity index is 2.10. The minimum atomic E-state index is -4.32. The molecule has 0 spiro atoms. The fraction of sp³-hybridized carbons (Fsp3) is 0.857. The van der Waals surface area contributed by atoms with Crippen molar-refractivity contribution >= 4 is 5.84 Å². The maximum absolute atomic E-state index is 12.2. The van der Waals surface area contributed by atoms with Crippen LogP contribution in [-0.4, -0.2) is 49.1 Å². The first-order chi connectivity index (χ1) is 5.97. The SMILES string of the molecule is CN1CC2N=C(C(F)(F)F)NC2C1. The second-order valence-corrected chi connectivity index (χ2v) is 3.51. The third-order valence-electron chi connectivity index (χ3n) is 2.36. The molecule has 0 aliphatic carbocycles. The topological polar surface area (TPSA) is 27.6 Å². The van der Waals surface area contributed by atoms with E-state index in [1.807, 2.05) is 11.9 Å². The molecular weight excluding hydrogens is 183 g/mol. The van der Waals surface area contributed by atoms with Gasteiger partial charge in [0.15, 0.2) is 0 Å². The molecule has 0 amide bonds. The van der Waals surface area contributed by atoms with E-state index < -0.39 is 12.0 Å². The third-order valence-corrected chi connectivity index (χ3v) is 2.36. The molecule has 1 fully saturated rings. The normalized spacial score (nSPS) is 34.3. The molecule has 0 aromatic rings. The summed E-state index contributed by atoms with van der Waals surface area (Å²) >= 11 is 0. The Morgan fingerprint density at radius 3 is 2.69 bits per heavy atom. The second-order valence-electron chi connectivity index (χ2n) is 3.51. The molecule has 0 aromatic carbocycles. The Morgan fingerprint density at radius 2 is 2.15 bits per heavy atom. The minimum Gasteiger partial charge on any atom is -0.360 e. The van der Waals surface area contributed by atoms with Crippen LogP contribution in [0.25, 0.3) is 0 Å².